The van der Waals surface area contributed by atoms with Crippen LogP contribution in [-0.4, -0.2) is 25.6 Å². The molecule has 0 spiro atoms. The lowest BCUT2D eigenvalue weighted by Gasteiger charge is -2.12. The second kappa shape index (κ2) is 7.74. The van der Waals surface area contributed by atoms with Gasteiger partial charge in [0.25, 0.3) is 5.91 Å². The van der Waals surface area contributed by atoms with E-state index in [0.29, 0.717) is 23.3 Å². The molecule has 30 heavy (non-hydrogen) atoms. The van der Waals surface area contributed by atoms with E-state index < -0.39 is 6.04 Å². The number of aromatic nitrogens is 4. The second-order valence-corrected chi connectivity index (χ2v) is 7.81. The van der Waals surface area contributed by atoms with E-state index in [2.05, 4.69) is 31.1 Å². The van der Waals surface area contributed by atoms with Gasteiger partial charge in [0.15, 0.2) is 0 Å². The van der Waals surface area contributed by atoms with Crippen LogP contribution in [0.25, 0.3) is 22.4 Å². The number of amides is 1. The average Bonchev–Trinajstić information content (AvgIpc) is 3.53. The molecule has 1 amide bonds. The largest absolute Gasteiger partial charge is 0.341 e. The summed E-state index contributed by atoms with van der Waals surface area (Å²) >= 11 is 0. The highest BCUT2D eigenvalue weighted by Crippen LogP contribution is 2.33. The molecular weight excluding hydrogens is 378 g/mol. The van der Waals surface area contributed by atoms with Crippen LogP contribution in [0, 0.1) is 0 Å². The third-order valence-electron chi connectivity index (χ3n) is 5.75. The number of carbonyl (C=O) groups excluding carboxylic acids is 1. The Balaban J connectivity index is 1.34. The Morgan fingerprint density at radius 3 is 2.77 bits per heavy atom. The number of fused-ring (bicyclic) bond motifs is 1. The molecule has 5 rings (SSSR count). The minimum atomic E-state index is -0.399. The zero-order valence-electron chi connectivity index (χ0n) is 16.8. The highest BCUT2D eigenvalue weighted by molar-refractivity contribution is 5.94. The first-order chi connectivity index (χ1) is 14.7. The molecule has 0 bridgehead atoms. The fourth-order valence-electron chi connectivity index (χ4n) is 4.10. The summed E-state index contributed by atoms with van der Waals surface area (Å²) in [5.74, 6) is 0.677. The van der Waals surface area contributed by atoms with Gasteiger partial charge in [-0.15, -0.1) is 0 Å². The van der Waals surface area contributed by atoms with Gasteiger partial charge in [0.2, 0.25) is 11.7 Å². The minimum absolute atomic E-state index is 0.179. The van der Waals surface area contributed by atoms with Crippen LogP contribution in [0.3, 0.4) is 0 Å². The van der Waals surface area contributed by atoms with E-state index in [0.717, 1.165) is 16.6 Å². The number of rotatable bonds is 5. The van der Waals surface area contributed by atoms with Crippen LogP contribution in [-0.2, 0) is 0 Å². The minimum Gasteiger partial charge on any atom is -0.341 e. The molecule has 2 aromatic carbocycles. The van der Waals surface area contributed by atoms with E-state index in [4.69, 9.17) is 4.52 Å². The van der Waals surface area contributed by atoms with Crippen molar-refractivity contribution in [2.24, 2.45) is 0 Å². The molecule has 0 radical (unpaired) electrons. The molecule has 7 nitrogen and oxygen atoms in total. The highest BCUT2D eigenvalue weighted by Gasteiger charge is 2.21. The van der Waals surface area contributed by atoms with Crippen molar-refractivity contribution >= 4 is 16.9 Å². The number of benzene rings is 2. The number of nitrogens with one attached hydrogen (secondary N) is 1. The number of nitrogens with zero attached hydrogens (tertiary/aromatic N) is 4. The van der Waals surface area contributed by atoms with Gasteiger partial charge in [-0.3, -0.25) is 4.79 Å². The Morgan fingerprint density at radius 2 is 1.97 bits per heavy atom. The summed E-state index contributed by atoms with van der Waals surface area (Å²) in [5.41, 5.74) is 3.50. The SMILES string of the molecule is C[C@H](NC(=O)c1ccccc1)c1nc(-c2ccc3c(c2)ncn3C2CCCC2)no1. The highest BCUT2D eigenvalue weighted by atomic mass is 16.5. The van der Waals surface area contributed by atoms with Crippen molar-refractivity contribution in [1.29, 1.82) is 0 Å². The molecule has 1 fully saturated rings. The summed E-state index contributed by atoms with van der Waals surface area (Å²) in [6.07, 6.45) is 6.94. The molecule has 1 aliphatic carbocycles. The Labute approximate surface area is 174 Å². The lowest BCUT2D eigenvalue weighted by Crippen LogP contribution is -2.26. The topological polar surface area (TPSA) is 85.8 Å². The van der Waals surface area contributed by atoms with E-state index in [-0.39, 0.29) is 5.91 Å². The summed E-state index contributed by atoms with van der Waals surface area (Å²) < 4.78 is 7.70. The summed E-state index contributed by atoms with van der Waals surface area (Å²) in [6, 6.07) is 15.3. The van der Waals surface area contributed by atoms with Crippen molar-refractivity contribution < 1.29 is 9.32 Å². The van der Waals surface area contributed by atoms with Crippen LogP contribution in [0.1, 0.15) is 60.9 Å². The molecule has 0 saturated heterocycles. The molecule has 0 unspecified atom stereocenters. The molecule has 1 atom stereocenters. The number of hydrogen-bond donors (Lipinski definition) is 1. The molecule has 1 aliphatic rings. The van der Waals surface area contributed by atoms with Gasteiger partial charge >= 0.3 is 0 Å². The standard InChI is InChI=1S/C23H23N5O2/c1-15(25-22(29)16-7-3-2-4-8-16)23-26-21(27-30-23)17-11-12-20-19(13-17)24-14-28(20)18-9-5-6-10-18/h2-4,7-8,11-15,18H,5-6,9-10H2,1H3,(H,25,29)/t15-/m0/s1. The predicted molar refractivity (Wildman–Crippen MR) is 113 cm³/mol. The van der Waals surface area contributed by atoms with Gasteiger partial charge in [0.05, 0.1) is 17.4 Å². The van der Waals surface area contributed by atoms with Crippen molar-refractivity contribution in [3.8, 4) is 11.4 Å². The molecule has 1 saturated carbocycles. The quantitative estimate of drug-likeness (QED) is 0.524. The van der Waals surface area contributed by atoms with Crippen molar-refractivity contribution in [3.63, 3.8) is 0 Å². The lowest BCUT2D eigenvalue weighted by molar-refractivity contribution is 0.0932. The lowest BCUT2D eigenvalue weighted by atomic mass is 10.1. The van der Waals surface area contributed by atoms with Crippen LogP contribution in [0.4, 0.5) is 0 Å². The Kier molecular flexibility index (Phi) is 4.78. The zero-order valence-corrected chi connectivity index (χ0v) is 16.8. The molecule has 2 aromatic heterocycles. The Bertz CT molecular complexity index is 1170. The summed E-state index contributed by atoms with van der Waals surface area (Å²) in [6.45, 7) is 1.82. The monoisotopic (exact) mass is 401 g/mol. The normalized spacial score (nSPS) is 15.5. The third kappa shape index (κ3) is 3.47. The number of imidazole rings is 1. The maximum atomic E-state index is 12.4. The first-order valence-electron chi connectivity index (χ1n) is 10.4. The van der Waals surface area contributed by atoms with E-state index in [1.54, 1.807) is 12.1 Å². The van der Waals surface area contributed by atoms with Gasteiger partial charge in [0, 0.05) is 17.2 Å². The Morgan fingerprint density at radius 1 is 1.17 bits per heavy atom. The fraction of sp³-hybridized carbons (Fsp3) is 0.304. The van der Waals surface area contributed by atoms with E-state index in [1.807, 2.05) is 43.6 Å². The molecular formula is C23H23N5O2. The van der Waals surface area contributed by atoms with E-state index in [1.165, 1.54) is 25.7 Å². The Hall–Kier alpha value is -3.48. The summed E-state index contributed by atoms with van der Waals surface area (Å²) in [4.78, 5) is 21.4. The molecule has 1 N–H and O–H groups in total. The van der Waals surface area contributed by atoms with Crippen molar-refractivity contribution in [3.05, 3.63) is 66.3 Å². The second-order valence-electron chi connectivity index (χ2n) is 7.81. The van der Waals surface area contributed by atoms with Crippen LogP contribution >= 0.6 is 0 Å². The van der Waals surface area contributed by atoms with Crippen molar-refractivity contribution in [2.45, 2.75) is 44.7 Å². The van der Waals surface area contributed by atoms with Gasteiger partial charge in [-0.2, -0.15) is 4.98 Å². The maximum Gasteiger partial charge on any atom is 0.251 e. The van der Waals surface area contributed by atoms with Gasteiger partial charge in [-0.05, 0) is 50.1 Å². The molecule has 2 heterocycles. The maximum absolute atomic E-state index is 12.4. The zero-order chi connectivity index (χ0) is 20.5. The predicted octanol–water partition coefficient (Wildman–Crippen LogP) is 4.69. The summed E-state index contributed by atoms with van der Waals surface area (Å²) in [5, 5.41) is 7.00. The number of carbonyl (C=O) groups is 1. The van der Waals surface area contributed by atoms with Gasteiger partial charge in [-0.25, -0.2) is 4.98 Å². The molecule has 0 aliphatic heterocycles. The summed E-state index contributed by atoms with van der Waals surface area (Å²) in [7, 11) is 0. The smallest absolute Gasteiger partial charge is 0.251 e. The third-order valence-corrected chi connectivity index (χ3v) is 5.75. The van der Waals surface area contributed by atoms with Gasteiger partial charge < -0.3 is 14.4 Å². The first-order valence-corrected chi connectivity index (χ1v) is 10.4. The van der Waals surface area contributed by atoms with Crippen LogP contribution in [0.15, 0.2) is 59.4 Å². The number of hydrogen-bond acceptors (Lipinski definition) is 5. The average molecular weight is 401 g/mol. The van der Waals surface area contributed by atoms with E-state index in [9.17, 15) is 4.79 Å². The molecule has 7 heteroatoms. The first kappa shape index (κ1) is 18.5. The van der Waals surface area contributed by atoms with Gasteiger partial charge in [0.1, 0.15) is 6.04 Å². The molecule has 4 aromatic rings. The fourth-order valence-corrected chi connectivity index (χ4v) is 4.10. The van der Waals surface area contributed by atoms with Crippen molar-refractivity contribution in [2.75, 3.05) is 0 Å². The van der Waals surface area contributed by atoms with Gasteiger partial charge in [-0.1, -0.05) is 36.2 Å². The van der Waals surface area contributed by atoms with E-state index >= 15 is 0 Å². The van der Waals surface area contributed by atoms with Crippen molar-refractivity contribution in [1.82, 2.24) is 25.0 Å². The van der Waals surface area contributed by atoms with Crippen LogP contribution in [0.2, 0.25) is 0 Å². The van der Waals surface area contributed by atoms with Crippen LogP contribution in [0.5, 0.6) is 0 Å². The van der Waals surface area contributed by atoms with Crippen LogP contribution < -0.4 is 5.32 Å². The molecule has 152 valence electrons.